The quantitative estimate of drug-likeness (QED) is 0.462. The van der Waals surface area contributed by atoms with Gasteiger partial charge in [-0.3, -0.25) is 4.98 Å². The Morgan fingerprint density at radius 3 is 2.55 bits per heavy atom. The molecule has 0 amide bonds. The van der Waals surface area contributed by atoms with Crippen LogP contribution in [0.15, 0.2) is 24.5 Å². The molecule has 0 unspecified atom stereocenters. The summed E-state index contributed by atoms with van der Waals surface area (Å²) in [7, 11) is 1.38. The Morgan fingerprint density at radius 1 is 1.18 bits per heavy atom. The largest absolute Gasteiger partial charge is 0.406 e. The van der Waals surface area contributed by atoms with Crippen molar-refractivity contribution >= 4 is 28.6 Å². The summed E-state index contributed by atoms with van der Waals surface area (Å²) in [5.74, 6) is 1.17. The summed E-state index contributed by atoms with van der Waals surface area (Å²) >= 11 is 6.15. The maximum atomic E-state index is 13.2. The van der Waals surface area contributed by atoms with Crippen LogP contribution in [0.5, 0.6) is 0 Å². The van der Waals surface area contributed by atoms with Gasteiger partial charge >= 0.3 is 6.18 Å². The molecule has 0 bridgehead atoms. The fraction of sp³-hybridized carbons (Fsp3) is 0.478. The molecule has 0 aromatic carbocycles. The molecule has 3 aromatic heterocycles. The lowest BCUT2D eigenvalue weighted by Gasteiger charge is -2.28. The van der Waals surface area contributed by atoms with Crippen molar-refractivity contribution in [1.29, 1.82) is 5.26 Å². The number of aromatic nitrogens is 4. The van der Waals surface area contributed by atoms with E-state index in [0.717, 1.165) is 30.6 Å². The van der Waals surface area contributed by atoms with Crippen molar-refractivity contribution in [3.63, 3.8) is 0 Å². The van der Waals surface area contributed by atoms with E-state index in [0.29, 0.717) is 45.7 Å². The SMILES string of the molecule is CN(CC(F)(F)F)c1nc2cc(C#N)nc(-c3cncc(Cl)c3)c2n1C[C@H]1CC[C@H](C)CC1. The number of nitriles is 1. The van der Waals surface area contributed by atoms with Crippen LogP contribution in [-0.4, -0.2) is 39.3 Å². The normalized spacial score (nSPS) is 18.9. The summed E-state index contributed by atoms with van der Waals surface area (Å²) in [5, 5.41) is 9.89. The highest BCUT2D eigenvalue weighted by molar-refractivity contribution is 6.30. The Morgan fingerprint density at radius 2 is 1.91 bits per heavy atom. The second-order valence-corrected chi connectivity index (χ2v) is 9.28. The number of hydrogen-bond acceptors (Lipinski definition) is 5. The first kappa shape index (κ1) is 23.3. The van der Waals surface area contributed by atoms with Crippen LogP contribution in [-0.2, 0) is 6.54 Å². The molecule has 0 spiro atoms. The minimum absolute atomic E-state index is 0.124. The molecule has 0 radical (unpaired) electrons. The van der Waals surface area contributed by atoms with Crippen LogP contribution in [0.1, 0.15) is 38.3 Å². The van der Waals surface area contributed by atoms with E-state index in [4.69, 9.17) is 11.6 Å². The number of hydrogen-bond donors (Lipinski definition) is 0. The van der Waals surface area contributed by atoms with Gasteiger partial charge in [0.1, 0.15) is 18.3 Å². The van der Waals surface area contributed by atoms with Gasteiger partial charge in [0.05, 0.1) is 21.7 Å². The van der Waals surface area contributed by atoms with E-state index in [1.165, 1.54) is 19.3 Å². The maximum absolute atomic E-state index is 13.2. The lowest BCUT2D eigenvalue weighted by Crippen LogP contribution is -2.33. The van der Waals surface area contributed by atoms with Gasteiger partial charge in [0, 0.05) is 37.6 Å². The van der Waals surface area contributed by atoms with Crippen molar-refractivity contribution in [3.05, 3.63) is 35.2 Å². The van der Waals surface area contributed by atoms with E-state index in [1.807, 2.05) is 10.6 Å². The molecule has 1 fully saturated rings. The number of alkyl halides is 3. The van der Waals surface area contributed by atoms with Crippen LogP contribution in [0, 0.1) is 23.2 Å². The Balaban J connectivity index is 1.91. The number of anilines is 1. The molecule has 0 atom stereocenters. The molecule has 174 valence electrons. The number of pyridine rings is 2. The monoisotopic (exact) mass is 476 g/mol. The predicted octanol–water partition coefficient (Wildman–Crippen LogP) is 5.84. The zero-order valence-corrected chi connectivity index (χ0v) is 19.2. The molecular weight excluding hydrogens is 453 g/mol. The molecule has 6 nitrogen and oxygen atoms in total. The third-order valence-electron chi connectivity index (χ3n) is 6.13. The van der Waals surface area contributed by atoms with Gasteiger partial charge in [-0.1, -0.05) is 31.4 Å². The number of rotatable bonds is 5. The van der Waals surface area contributed by atoms with Crippen LogP contribution >= 0.6 is 11.6 Å². The Bertz CT molecular complexity index is 1190. The fourth-order valence-corrected chi connectivity index (χ4v) is 4.69. The number of halogens is 4. The number of imidazole rings is 1. The molecule has 0 aliphatic heterocycles. The minimum Gasteiger partial charge on any atom is -0.336 e. The Labute approximate surface area is 195 Å². The van der Waals surface area contributed by atoms with Gasteiger partial charge in [0.2, 0.25) is 5.95 Å². The summed E-state index contributed by atoms with van der Waals surface area (Å²) in [6, 6.07) is 5.21. The Hall–Kier alpha value is -2.86. The molecule has 10 heteroatoms. The second kappa shape index (κ2) is 9.18. The van der Waals surface area contributed by atoms with Crippen LogP contribution in [0.2, 0.25) is 5.02 Å². The highest BCUT2D eigenvalue weighted by Crippen LogP contribution is 2.36. The number of nitrogens with zero attached hydrogens (tertiary/aromatic N) is 6. The van der Waals surface area contributed by atoms with E-state index >= 15 is 0 Å². The van der Waals surface area contributed by atoms with Gasteiger partial charge in [-0.05, 0) is 30.7 Å². The standard InChI is InChI=1S/C23H24ClF3N6/c1-14-3-5-15(6-4-14)12-33-21-19(31-22(33)32(2)13-23(25,26)27)8-18(9-28)30-20(21)16-7-17(24)11-29-10-16/h7-8,10-11,14-15H,3-6,12-13H2,1-2H3/t14-,15-. The van der Waals surface area contributed by atoms with Crippen molar-refractivity contribution in [2.75, 3.05) is 18.5 Å². The van der Waals surface area contributed by atoms with E-state index in [9.17, 15) is 18.4 Å². The third-order valence-corrected chi connectivity index (χ3v) is 6.34. The zero-order valence-electron chi connectivity index (χ0n) is 18.4. The summed E-state index contributed by atoms with van der Waals surface area (Å²) in [6.07, 6.45) is 2.86. The van der Waals surface area contributed by atoms with Crippen molar-refractivity contribution in [2.24, 2.45) is 11.8 Å². The van der Waals surface area contributed by atoms with E-state index in [2.05, 4.69) is 21.9 Å². The first-order valence-corrected chi connectivity index (χ1v) is 11.2. The molecule has 3 heterocycles. The van der Waals surface area contributed by atoms with Crippen LogP contribution in [0.4, 0.5) is 19.1 Å². The summed E-state index contributed by atoms with van der Waals surface area (Å²) in [5.41, 5.74) is 2.14. The molecule has 0 N–H and O–H groups in total. The average Bonchev–Trinajstić information content (AvgIpc) is 3.12. The topological polar surface area (TPSA) is 70.6 Å². The first-order valence-electron chi connectivity index (χ1n) is 10.8. The van der Waals surface area contributed by atoms with Gasteiger partial charge in [0.15, 0.2) is 0 Å². The van der Waals surface area contributed by atoms with Crippen molar-refractivity contribution in [3.8, 4) is 17.3 Å². The lowest BCUT2D eigenvalue weighted by molar-refractivity contribution is -0.119. The highest BCUT2D eigenvalue weighted by Gasteiger charge is 2.32. The van der Waals surface area contributed by atoms with Crippen LogP contribution < -0.4 is 4.90 Å². The van der Waals surface area contributed by atoms with Gasteiger partial charge in [0.25, 0.3) is 0 Å². The molecule has 0 saturated heterocycles. The number of fused-ring (bicyclic) bond motifs is 1. The summed E-state index contributed by atoms with van der Waals surface area (Å²) < 4.78 is 41.5. The van der Waals surface area contributed by atoms with Crippen LogP contribution in [0.3, 0.4) is 0 Å². The van der Waals surface area contributed by atoms with Gasteiger partial charge in [-0.2, -0.15) is 18.4 Å². The lowest BCUT2D eigenvalue weighted by atomic mass is 9.83. The second-order valence-electron chi connectivity index (χ2n) is 8.85. The van der Waals surface area contributed by atoms with Crippen molar-refractivity contribution < 1.29 is 13.2 Å². The summed E-state index contributed by atoms with van der Waals surface area (Å²) in [6.45, 7) is 1.61. The van der Waals surface area contributed by atoms with E-state index in [1.54, 1.807) is 12.3 Å². The maximum Gasteiger partial charge on any atom is 0.406 e. The van der Waals surface area contributed by atoms with E-state index in [-0.39, 0.29) is 11.6 Å². The molecule has 1 aliphatic rings. The van der Waals surface area contributed by atoms with E-state index < -0.39 is 12.7 Å². The molecule has 1 saturated carbocycles. The summed E-state index contributed by atoms with van der Waals surface area (Å²) in [4.78, 5) is 14.3. The van der Waals surface area contributed by atoms with Crippen molar-refractivity contribution in [2.45, 2.75) is 45.3 Å². The fourth-order valence-electron chi connectivity index (χ4n) is 4.52. The minimum atomic E-state index is -4.38. The molecule has 4 rings (SSSR count). The molecule has 33 heavy (non-hydrogen) atoms. The van der Waals surface area contributed by atoms with Gasteiger partial charge in [-0.25, -0.2) is 9.97 Å². The predicted molar refractivity (Wildman–Crippen MR) is 121 cm³/mol. The third kappa shape index (κ3) is 5.22. The first-order chi connectivity index (χ1) is 15.6. The zero-order chi connectivity index (χ0) is 23.8. The smallest absolute Gasteiger partial charge is 0.336 e. The molecule has 3 aromatic rings. The highest BCUT2D eigenvalue weighted by atomic mass is 35.5. The Kier molecular flexibility index (Phi) is 6.48. The van der Waals surface area contributed by atoms with Gasteiger partial charge in [-0.15, -0.1) is 0 Å². The molecule has 1 aliphatic carbocycles. The average molecular weight is 477 g/mol. The van der Waals surface area contributed by atoms with Crippen molar-refractivity contribution in [1.82, 2.24) is 19.5 Å². The van der Waals surface area contributed by atoms with Crippen LogP contribution in [0.25, 0.3) is 22.3 Å². The van der Waals surface area contributed by atoms with Gasteiger partial charge < -0.3 is 9.47 Å². The molecular formula is C23H24ClF3N6.